The molecule has 0 radical (unpaired) electrons. The Bertz CT molecular complexity index is 510. The molecule has 2 fully saturated rings. The molecule has 1 amide bonds. The molecular weight excluding hydrogens is 292 g/mol. The van der Waals surface area contributed by atoms with Crippen LogP contribution < -0.4 is 10.6 Å². The highest BCUT2D eigenvalue weighted by atomic mass is 16.2. The van der Waals surface area contributed by atoms with E-state index in [1.165, 1.54) is 12.8 Å². The van der Waals surface area contributed by atoms with E-state index < -0.39 is 0 Å². The number of likely N-dealkylation sites (tertiary alicyclic amines) is 1. The topological polar surface area (TPSA) is 75.1 Å². The molecule has 0 saturated carbocycles. The Labute approximate surface area is 137 Å². The van der Waals surface area contributed by atoms with Crippen molar-refractivity contribution >= 4 is 5.91 Å². The third-order valence-electron chi connectivity index (χ3n) is 4.88. The van der Waals surface area contributed by atoms with Gasteiger partial charge in [-0.1, -0.05) is 12.1 Å². The lowest BCUT2D eigenvalue weighted by molar-refractivity contribution is 0.0938. The zero-order chi connectivity index (χ0) is 16.1. The largest absolute Gasteiger partial charge is 0.349 e. The van der Waals surface area contributed by atoms with Crippen molar-refractivity contribution in [2.75, 3.05) is 39.3 Å². The third kappa shape index (κ3) is 4.51. The summed E-state index contributed by atoms with van der Waals surface area (Å²) in [6.07, 6.45) is 6.45. The Hall–Kier alpha value is -1.47. The van der Waals surface area contributed by atoms with E-state index in [2.05, 4.69) is 32.8 Å². The van der Waals surface area contributed by atoms with Gasteiger partial charge in [0, 0.05) is 19.6 Å². The van der Waals surface area contributed by atoms with Crippen LogP contribution in [0, 0.1) is 5.92 Å². The number of aromatic nitrogens is 3. The molecule has 1 atom stereocenters. The first-order valence-corrected chi connectivity index (χ1v) is 8.85. The highest BCUT2D eigenvalue weighted by molar-refractivity contribution is 5.91. The minimum Gasteiger partial charge on any atom is -0.349 e. The van der Waals surface area contributed by atoms with Gasteiger partial charge in [0.25, 0.3) is 5.91 Å². The van der Waals surface area contributed by atoms with Crippen LogP contribution in [0.5, 0.6) is 0 Å². The van der Waals surface area contributed by atoms with Crippen molar-refractivity contribution in [3.8, 4) is 0 Å². The first-order valence-electron chi connectivity index (χ1n) is 8.85. The number of nitrogens with one attached hydrogen (secondary N) is 2. The Morgan fingerprint density at radius 1 is 1.39 bits per heavy atom. The molecule has 2 aliphatic heterocycles. The summed E-state index contributed by atoms with van der Waals surface area (Å²) >= 11 is 0. The molecule has 3 rings (SSSR count). The van der Waals surface area contributed by atoms with Crippen LogP contribution in [0.1, 0.15) is 49.1 Å². The third-order valence-corrected chi connectivity index (χ3v) is 4.88. The molecule has 0 aliphatic carbocycles. The Kier molecular flexibility index (Phi) is 5.61. The average molecular weight is 320 g/mol. The predicted molar refractivity (Wildman–Crippen MR) is 88.3 cm³/mol. The zero-order valence-corrected chi connectivity index (χ0v) is 14.0. The van der Waals surface area contributed by atoms with Crippen molar-refractivity contribution in [1.82, 2.24) is 30.5 Å². The Balaban J connectivity index is 1.44. The normalized spacial score (nSPS) is 23.8. The number of nitrogens with zero attached hydrogens (tertiary/aromatic N) is 4. The van der Waals surface area contributed by atoms with Crippen molar-refractivity contribution in [3.63, 3.8) is 0 Å². The van der Waals surface area contributed by atoms with Gasteiger partial charge in [-0.2, -0.15) is 0 Å². The minimum atomic E-state index is -0.116. The van der Waals surface area contributed by atoms with E-state index in [-0.39, 0.29) is 5.91 Å². The summed E-state index contributed by atoms with van der Waals surface area (Å²) in [4.78, 5) is 14.6. The maximum absolute atomic E-state index is 12.2. The smallest absolute Gasteiger partial charge is 0.273 e. The van der Waals surface area contributed by atoms with E-state index in [1.807, 2.05) is 4.68 Å². The van der Waals surface area contributed by atoms with E-state index in [1.54, 1.807) is 6.20 Å². The standard InChI is InChI=1S/C16H28N6O/c1-13-3-2-9-21(11-13)10-8-18-16(23)15-12-22(20-19-15)14-4-6-17-7-5-14/h12-14,17H,2-11H2,1H3,(H,18,23). The molecule has 0 aromatic carbocycles. The maximum atomic E-state index is 12.2. The molecule has 7 heteroatoms. The molecule has 1 unspecified atom stereocenters. The molecule has 7 nitrogen and oxygen atoms in total. The number of amides is 1. The average Bonchev–Trinajstić information content (AvgIpc) is 3.06. The van der Waals surface area contributed by atoms with Crippen LogP contribution in [0.25, 0.3) is 0 Å². The SMILES string of the molecule is CC1CCCN(CCNC(=O)c2cn(C3CCNCC3)nn2)C1. The van der Waals surface area contributed by atoms with Crippen LogP contribution in [0.3, 0.4) is 0 Å². The fourth-order valence-electron chi connectivity index (χ4n) is 3.54. The number of piperidine rings is 2. The molecule has 0 spiro atoms. The van der Waals surface area contributed by atoms with Crippen LogP contribution >= 0.6 is 0 Å². The maximum Gasteiger partial charge on any atom is 0.273 e. The number of carbonyl (C=O) groups excluding carboxylic acids is 1. The van der Waals surface area contributed by atoms with Gasteiger partial charge in [-0.25, -0.2) is 4.68 Å². The summed E-state index contributed by atoms with van der Waals surface area (Å²) in [5.74, 6) is 0.652. The van der Waals surface area contributed by atoms with Crippen molar-refractivity contribution in [3.05, 3.63) is 11.9 Å². The lowest BCUT2D eigenvalue weighted by Crippen LogP contribution is -2.40. The monoisotopic (exact) mass is 320 g/mol. The van der Waals surface area contributed by atoms with Gasteiger partial charge in [-0.05, 0) is 51.2 Å². The van der Waals surface area contributed by atoms with Gasteiger partial charge in [0.15, 0.2) is 5.69 Å². The molecule has 1 aromatic rings. The number of hydrogen-bond acceptors (Lipinski definition) is 5. The van der Waals surface area contributed by atoms with Gasteiger partial charge in [-0.15, -0.1) is 5.10 Å². The minimum absolute atomic E-state index is 0.116. The molecule has 2 saturated heterocycles. The second-order valence-corrected chi connectivity index (χ2v) is 6.87. The van der Waals surface area contributed by atoms with Crippen LogP contribution in [0.2, 0.25) is 0 Å². The molecule has 2 aliphatic rings. The summed E-state index contributed by atoms with van der Waals surface area (Å²) in [5.41, 5.74) is 0.426. The number of hydrogen-bond donors (Lipinski definition) is 2. The van der Waals surface area contributed by atoms with Crippen molar-refractivity contribution in [2.45, 2.75) is 38.6 Å². The van der Waals surface area contributed by atoms with Gasteiger partial charge in [0.1, 0.15) is 0 Å². The second kappa shape index (κ2) is 7.88. The van der Waals surface area contributed by atoms with Crippen LogP contribution in [0.15, 0.2) is 6.20 Å². The quantitative estimate of drug-likeness (QED) is 0.834. The first kappa shape index (κ1) is 16.4. The Morgan fingerprint density at radius 3 is 3.00 bits per heavy atom. The second-order valence-electron chi connectivity index (χ2n) is 6.87. The first-order chi connectivity index (χ1) is 11.2. The fourth-order valence-corrected chi connectivity index (χ4v) is 3.54. The van der Waals surface area contributed by atoms with Crippen LogP contribution in [-0.4, -0.2) is 65.1 Å². The van der Waals surface area contributed by atoms with Crippen molar-refractivity contribution in [2.24, 2.45) is 5.92 Å². The van der Waals surface area contributed by atoms with Gasteiger partial charge < -0.3 is 15.5 Å². The predicted octanol–water partition coefficient (Wildman–Crippen LogP) is 0.664. The Morgan fingerprint density at radius 2 is 2.22 bits per heavy atom. The van der Waals surface area contributed by atoms with E-state index >= 15 is 0 Å². The van der Waals surface area contributed by atoms with Crippen molar-refractivity contribution in [1.29, 1.82) is 0 Å². The molecule has 128 valence electrons. The molecule has 1 aromatic heterocycles. The highest BCUT2D eigenvalue weighted by Gasteiger charge is 2.19. The lowest BCUT2D eigenvalue weighted by atomic mass is 10.0. The van der Waals surface area contributed by atoms with Crippen LogP contribution in [-0.2, 0) is 0 Å². The molecule has 0 bridgehead atoms. The summed E-state index contributed by atoms with van der Waals surface area (Å²) in [6, 6.07) is 0.361. The van der Waals surface area contributed by atoms with Gasteiger partial charge in [-0.3, -0.25) is 4.79 Å². The van der Waals surface area contributed by atoms with Crippen molar-refractivity contribution < 1.29 is 4.79 Å². The van der Waals surface area contributed by atoms with E-state index in [0.29, 0.717) is 18.3 Å². The molecule has 3 heterocycles. The highest BCUT2D eigenvalue weighted by Crippen LogP contribution is 2.17. The van der Waals surface area contributed by atoms with E-state index in [0.717, 1.165) is 51.5 Å². The number of rotatable bonds is 5. The summed E-state index contributed by atoms with van der Waals surface area (Å²) in [5, 5.41) is 14.5. The van der Waals surface area contributed by atoms with E-state index in [9.17, 15) is 4.79 Å². The lowest BCUT2D eigenvalue weighted by Gasteiger charge is -2.30. The summed E-state index contributed by atoms with van der Waals surface area (Å²) < 4.78 is 1.85. The molecule has 2 N–H and O–H groups in total. The van der Waals surface area contributed by atoms with Crippen LogP contribution in [0.4, 0.5) is 0 Å². The zero-order valence-electron chi connectivity index (χ0n) is 14.0. The number of carbonyl (C=O) groups is 1. The summed E-state index contributed by atoms with van der Waals surface area (Å²) in [6.45, 7) is 8.17. The molecule has 23 heavy (non-hydrogen) atoms. The molecular formula is C16H28N6O. The van der Waals surface area contributed by atoms with Gasteiger partial charge in [0.05, 0.1) is 12.2 Å². The van der Waals surface area contributed by atoms with E-state index in [4.69, 9.17) is 0 Å². The fraction of sp³-hybridized carbons (Fsp3) is 0.812. The summed E-state index contributed by atoms with van der Waals surface area (Å²) in [7, 11) is 0. The van der Waals surface area contributed by atoms with Gasteiger partial charge in [0.2, 0.25) is 0 Å². The van der Waals surface area contributed by atoms with Gasteiger partial charge >= 0.3 is 0 Å².